The van der Waals surface area contributed by atoms with E-state index in [9.17, 15) is 0 Å². The quantitative estimate of drug-likeness (QED) is 0.613. The molecule has 0 spiro atoms. The van der Waals surface area contributed by atoms with Crippen LogP contribution >= 0.6 is 11.3 Å². The number of methoxy groups -OCH3 is 1. The number of aromatic nitrogens is 2. The molecule has 0 atom stereocenters. The summed E-state index contributed by atoms with van der Waals surface area (Å²) < 4.78 is 16.6. The van der Waals surface area contributed by atoms with Gasteiger partial charge in [0.25, 0.3) is 0 Å². The third kappa shape index (κ3) is 4.06. The maximum Gasteiger partial charge on any atom is 0.151 e. The minimum absolute atomic E-state index is 0.436. The molecule has 3 aromatic rings. The van der Waals surface area contributed by atoms with Gasteiger partial charge in [0.1, 0.15) is 28.8 Å². The highest BCUT2D eigenvalue weighted by Gasteiger charge is 2.13. The molecule has 118 valence electrons. The van der Waals surface area contributed by atoms with Crippen LogP contribution in [0, 0.1) is 0 Å². The van der Waals surface area contributed by atoms with Crippen molar-refractivity contribution in [1.82, 2.24) is 9.97 Å². The van der Waals surface area contributed by atoms with E-state index in [2.05, 4.69) is 9.97 Å². The van der Waals surface area contributed by atoms with Crippen LogP contribution in [0.2, 0.25) is 0 Å². The molecule has 2 aromatic heterocycles. The molecule has 0 saturated heterocycles. The number of rotatable bonds is 7. The van der Waals surface area contributed by atoms with E-state index in [1.165, 1.54) is 11.3 Å². The summed E-state index contributed by atoms with van der Waals surface area (Å²) in [5.41, 5.74) is 0.705. The topological polar surface area (TPSA) is 53.5 Å². The van der Waals surface area contributed by atoms with E-state index in [0.29, 0.717) is 30.4 Å². The van der Waals surface area contributed by atoms with Crippen molar-refractivity contribution in [3.05, 3.63) is 54.2 Å². The second-order valence-corrected chi connectivity index (χ2v) is 5.51. The van der Waals surface area contributed by atoms with Crippen LogP contribution in [0.5, 0.6) is 17.2 Å². The zero-order chi connectivity index (χ0) is 15.9. The lowest BCUT2D eigenvalue weighted by Crippen LogP contribution is -2.06. The maximum absolute atomic E-state index is 5.81. The number of nitrogens with zero attached hydrogens (tertiary/aromatic N) is 2. The van der Waals surface area contributed by atoms with Crippen molar-refractivity contribution in [2.75, 3.05) is 20.3 Å². The SMILES string of the molecule is COCCOc1cc(Oc2ccccc2)cnc1-c1nccs1. The van der Waals surface area contributed by atoms with Gasteiger partial charge in [-0.1, -0.05) is 18.2 Å². The highest BCUT2D eigenvalue weighted by atomic mass is 32.1. The molecule has 6 heteroatoms. The fraction of sp³-hybridized carbons (Fsp3) is 0.176. The van der Waals surface area contributed by atoms with E-state index in [1.807, 2.05) is 41.8 Å². The van der Waals surface area contributed by atoms with Gasteiger partial charge in [0.05, 0.1) is 12.8 Å². The Morgan fingerprint density at radius 1 is 1.04 bits per heavy atom. The summed E-state index contributed by atoms with van der Waals surface area (Å²) in [5.74, 6) is 1.99. The summed E-state index contributed by atoms with van der Waals surface area (Å²) in [6.45, 7) is 0.937. The summed E-state index contributed by atoms with van der Waals surface area (Å²) >= 11 is 1.51. The molecule has 5 nitrogen and oxygen atoms in total. The molecule has 2 heterocycles. The highest BCUT2D eigenvalue weighted by Crippen LogP contribution is 2.33. The first-order valence-corrected chi connectivity index (χ1v) is 7.99. The van der Waals surface area contributed by atoms with Crippen LogP contribution in [-0.2, 0) is 4.74 Å². The van der Waals surface area contributed by atoms with Crippen LogP contribution in [0.3, 0.4) is 0 Å². The number of thiazole rings is 1. The van der Waals surface area contributed by atoms with E-state index >= 15 is 0 Å². The van der Waals surface area contributed by atoms with Gasteiger partial charge in [-0.3, -0.25) is 0 Å². The fourth-order valence-electron chi connectivity index (χ4n) is 1.95. The zero-order valence-corrected chi connectivity index (χ0v) is 13.5. The van der Waals surface area contributed by atoms with Gasteiger partial charge in [-0.2, -0.15) is 0 Å². The highest BCUT2D eigenvalue weighted by molar-refractivity contribution is 7.13. The molecule has 0 radical (unpaired) electrons. The van der Waals surface area contributed by atoms with Gasteiger partial charge < -0.3 is 14.2 Å². The first-order valence-electron chi connectivity index (χ1n) is 7.11. The van der Waals surface area contributed by atoms with E-state index in [-0.39, 0.29) is 0 Å². The number of ether oxygens (including phenoxy) is 3. The second kappa shape index (κ2) is 7.71. The summed E-state index contributed by atoms with van der Waals surface area (Å²) in [6.07, 6.45) is 3.42. The van der Waals surface area contributed by atoms with Crippen molar-refractivity contribution in [3.8, 4) is 28.0 Å². The van der Waals surface area contributed by atoms with Crippen LogP contribution in [0.1, 0.15) is 0 Å². The number of pyridine rings is 1. The minimum Gasteiger partial charge on any atom is -0.489 e. The normalized spacial score (nSPS) is 10.5. The monoisotopic (exact) mass is 328 g/mol. The molecule has 0 aliphatic rings. The van der Waals surface area contributed by atoms with Crippen molar-refractivity contribution in [3.63, 3.8) is 0 Å². The molecule has 0 unspecified atom stereocenters. The lowest BCUT2D eigenvalue weighted by Gasteiger charge is -2.11. The summed E-state index contributed by atoms with van der Waals surface area (Å²) in [7, 11) is 1.64. The molecule has 0 saturated carbocycles. The first-order chi connectivity index (χ1) is 11.4. The molecule has 0 aliphatic carbocycles. The van der Waals surface area contributed by atoms with Crippen LogP contribution in [0.4, 0.5) is 0 Å². The first kappa shape index (κ1) is 15.5. The van der Waals surface area contributed by atoms with E-state index < -0.39 is 0 Å². The number of benzene rings is 1. The standard InChI is InChI=1S/C17H16N2O3S/c1-20-8-9-21-15-11-14(22-13-5-3-2-4-6-13)12-19-16(15)17-18-7-10-23-17/h2-7,10-12H,8-9H2,1H3. The third-order valence-corrected chi connectivity index (χ3v) is 3.77. The van der Waals surface area contributed by atoms with Crippen LogP contribution in [-0.4, -0.2) is 30.3 Å². The van der Waals surface area contributed by atoms with Crippen molar-refractivity contribution >= 4 is 11.3 Å². The smallest absolute Gasteiger partial charge is 0.151 e. The zero-order valence-electron chi connectivity index (χ0n) is 12.6. The molecule has 0 amide bonds. The predicted octanol–water partition coefficient (Wildman–Crippen LogP) is 4.02. The van der Waals surface area contributed by atoms with Gasteiger partial charge in [0.2, 0.25) is 0 Å². The van der Waals surface area contributed by atoms with Gasteiger partial charge in [0.15, 0.2) is 5.75 Å². The Morgan fingerprint density at radius 3 is 2.65 bits per heavy atom. The summed E-state index contributed by atoms with van der Waals surface area (Å²) in [5, 5.41) is 2.72. The third-order valence-electron chi connectivity index (χ3n) is 2.99. The van der Waals surface area contributed by atoms with Crippen LogP contribution < -0.4 is 9.47 Å². The Labute approximate surface area is 138 Å². The summed E-state index contributed by atoms with van der Waals surface area (Å²) in [6, 6.07) is 11.4. The average molecular weight is 328 g/mol. The minimum atomic E-state index is 0.436. The Bertz CT molecular complexity index is 733. The molecule has 0 N–H and O–H groups in total. The molecule has 0 aliphatic heterocycles. The van der Waals surface area contributed by atoms with Gasteiger partial charge in [-0.15, -0.1) is 11.3 Å². The van der Waals surface area contributed by atoms with Gasteiger partial charge in [-0.05, 0) is 12.1 Å². The molecular weight excluding hydrogens is 312 g/mol. The second-order valence-electron chi connectivity index (χ2n) is 4.61. The Hall–Kier alpha value is -2.44. The molecule has 3 rings (SSSR count). The molecule has 1 aromatic carbocycles. The van der Waals surface area contributed by atoms with Crippen molar-refractivity contribution in [2.45, 2.75) is 0 Å². The average Bonchev–Trinajstić information content (AvgIpc) is 3.11. The number of hydrogen-bond acceptors (Lipinski definition) is 6. The number of para-hydroxylation sites is 1. The lowest BCUT2D eigenvalue weighted by atomic mass is 10.3. The molecule has 0 bridgehead atoms. The molecular formula is C17H16N2O3S. The van der Waals surface area contributed by atoms with Gasteiger partial charge in [0, 0.05) is 24.8 Å². The van der Waals surface area contributed by atoms with Crippen molar-refractivity contribution in [1.29, 1.82) is 0 Å². The molecule has 0 fully saturated rings. The van der Waals surface area contributed by atoms with Gasteiger partial charge >= 0.3 is 0 Å². The predicted molar refractivity (Wildman–Crippen MR) is 89.2 cm³/mol. The van der Waals surface area contributed by atoms with Crippen LogP contribution in [0.25, 0.3) is 10.7 Å². The van der Waals surface area contributed by atoms with Gasteiger partial charge in [-0.25, -0.2) is 9.97 Å². The summed E-state index contributed by atoms with van der Waals surface area (Å²) in [4.78, 5) is 8.75. The van der Waals surface area contributed by atoms with Crippen molar-refractivity contribution < 1.29 is 14.2 Å². The molecule has 23 heavy (non-hydrogen) atoms. The Kier molecular flexibility index (Phi) is 5.18. The Balaban J connectivity index is 1.86. The number of hydrogen-bond donors (Lipinski definition) is 0. The fourth-order valence-corrected chi connectivity index (χ4v) is 2.59. The largest absolute Gasteiger partial charge is 0.489 e. The van der Waals surface area contributed by atoms with Crippen molar-refractivity contribution in [2.24, 2.45) is 0 Å². The van der Waals surface area contributed by atoms with E-state index in [0.717, 1.165) is 10.8 Å². The van der Waals surface area contributed by atoms with E-state index in [4.69, 9.17) is 14.2 Å². The van der Waals surface area contributed by atoms with E-state index in [1.54, 1.807) is 19.5 Å². The maximum atomic E-state index is 5.81. The van der Waals surface area contributed by atoms with Crippen LogP contribution in [0.15, 0.2) is 54.2 Å². The lowest BCUT2D eigenvalue weighted by molar-refractivity contribution is 0.146. The Morgan fingerprint density at radius 2 is 1.91 bits per heavy atom.